The Hall–Kier alpha value is -3.96. The van der Waals surface area contributed by atoms with Crippen molar-refractivity contribution in [3.8, 4) is 11.1 Å². The molecule has 11 heteroatoms. The second kappa shape index (κ2) is 14.3. The molecule has 5 nitrogen and oxygen atoms in total. The van der Waals surface area contributed by atoms with Crippen LogP contribution in [0.15, 0.2) is 82.6 Å². The highest BCUT2D eigenvalue weighted by Crippen LogP contribution is 2.32. The molecule has 3 aromatic carbocycles. The van der Waals surface area contributed by atoms with Crippen molar-refractivity contribution in [3.05, 3.63) is 123 Å². The normalized spacial score (nSPS) is 15.5. The zero-order chi connectivity index (χ0) is 34.0. The lowest BCUT2D eigenvalue weighted by molar-refractivity contribution is -0.138. The molecule has 2 heterocycles. The number of thioether (sulfide) groups is 1. The molecule has 1 fully saturated rings. The topological polar surface area (TPSA) is 45.5 Å². The fourth-order valence-electron chi connectivity index (χ4n) is 6.61. The van der Waals surface area contributed by atoms with Gasteiger partial charge in [-0.2, -0.15) is 13.2 Å². The molecule has 252 valence electrons. The summed E-state index contributed by atoms with van der Waals surface area (Å²) in [4.78, 5) is 31.5. The maximum atomic E-state index is 14.5. The second-order valence-corrected chi connectivity index (χ2v) is 13.5. The van der Waals surface area contributed by atoms with Crippen LogP contribution in [0.2, 0.25) is 0 Å². The molecule has 1 aromatic heterocycles. The van der Waals surface area contributed by atoms with Crippen molar-refractivity contribution in [2.75, 3.05) is 20.1 Å². The first-order valence-electron chi connectivity index (χ1n) is 16.0. The van der Waals surface area contributed by atoms with E-state index in [1.54, 1.807) is 0 Å². The predicted octanol–water partition coefficient (Wildman–Crippen LogP) is 7.72. The van der Waals surface area contributed by atoms with E-state index in [-0.39, 0.29) is 35.2 Å². The first kappa shape index (κ1) is 33.9. The number of likely N-dealkylation sites (tertiary alicyclic amines) is 1. The third-order valence-electron chi connectivity index (χ3n) is 9.33. The van der Waals surface area contributed by atoms with Gasteiger partial charge in [0.15, 0.2) is 17.1 Å². The summed E-state index contributed by atoms with van der Waals surface area (Å²) in [5, 5.41) is 0.543. The van der Waals surface area contributed by atoms with Crippen molar-refractivity contribution in [2.24, 2.45) is 0 Å². The van der Waals surface area contributed by atoms with Gasteiger partial charge in [0.05, 0.1) is 10.6 Å². The number of hydrogen-bond acceptors (Lipinski definition) is 4. The van der Waals surface area contributed by atoms with E-state index in [1.807, 2.05) is 33.7 Å². The lowest BCUT2D eigenvalue weighted by atomic mass is 10.0. The average Bonchev–Trinajstić information content (AvgIpc) is 3.57. The number of fused-ring (bicyclic) bond motifs is 1. The van der Waals surface area contributed by atoms with Crippen molar-refractivity contribution in [3.63, 3.8) is 0 Å². The zero-order valence-electron chi connectivity index (χ0n) is 26.5. The van der Waals surface area contributed by atoms with Crippen LogP contribution in [0.1, 0.15) is 47.2 Å². The molecule has 0 radical (unpaired) electrons. The summed E-state index contributed by atoms with van der Waals surface area (Å²) in [5.41, 5.74) is 3.21. The van der Waals surface area contributed by atoms with Gasteiger partial charge in [0.25, 0.3) is 0 Å². The number of benzene rings is 3. The Bertz CT molecular complexity index is 1830. The highest BCUT2D eigenvalue weighted by molar-refractivity contribution is 7.98. The molecule has 0 unspecified atom stereocenters. The lowest BCUT2D eigenvalue weighted by Gasteiger charge is -2.38. The molecular formula is C37H36F5N3O2S. The van der Waals surface area contributed by atoms with E-state index in [2.05, 4.69) is 11.9 Å². The van der Waals surface area contributed by atoms with Gasteiger partial charge in [-0.05, 0) is 87.1 Å². The van der Waals surface area contributed by atoms with Gasteiger partial charge >= 0.3 is 6.18 Å². The largest absolute Gasteiger partial charge is 0.416 e. The summed E-state index contributed by atoms with van der Waals surface area (Å²) >= 11 is 1.21. The van der Waals surface area contributed by atoms with Crippen LogP contribution in [0.25, 0.3) is 11.1 Å². The molecule has 0 bridgehead atoms. The first-order chi connectivity index (χ1) is 23.0. The van der Waals surface area contributed by atoms with E-state index in [0.29, 0.717) is 35.5 Å². The molecule has 2 aliphatic rings. The Balaban J connectivity index is 1.26. The van der Waals surface area contributed by atoms with Crippen molar-refractivity contribution in [1.29, 1.82) is 0 Å². The molecule has 1 aliphatic carbocycles. The van der Waals surface area contributed by atoms with E-state index in [0.717, 1.165) is 67.4 Å². The van der Waals surface area contributed by atoms with Crippen LogP contribution < -0.4 is 5.43 Å². The smallest absolute Gasteiger partial charge is 0.334 e. The molecule has 0 spiro atoms. The van der Waals surface area contributed by atoms with Gasteiger partial charge in [0.2, 0.25) is 5.91 Å². The van der Waals surface area contributed by atoms with Crippen molar-refractivity contribution < 1.29 is 26.7 Å². The highest BCUT2D eigenvalue weighted by Gasteiger charge is 2.31. The van der Waals surface area contributed by atoms with Gasteiger partial charge in [-0.15, -0.1) is 11.8 Å². The van der Waals surface area contributed by atoms with Crippen LogP contribution in [-0.4, -0.2) is 46.5 Å². The molecule has 48 heavy (non-hydrogen) atoms. The fourth-order valence-corrected chi connectivity index (χ4v) is 7.66. The Morgan fingerprint density at radius 3 is 2.27 bits per heavy atom. The number of alkyl halides is 3. The van der Waals surface area contributed by atoms with Gasteiger partial charge in [0, 0.05) is 41.2 Å². The van der Waals surface area contributed by atoms with Crippen LogP contribution in [-0.2, 0) is 42.7 Å². The monoisotopic (exact) mass is 681 g/mol. The van der Waals surface area contributed by atoms with Crippen LogP contribution in [0.3, 0.4) is 0 Å². The number of hydrogen-bond donors (Lipinski definition) is 0. The molecule has 0 saturated carbocycles. The SMILES string of the molecule is CN1CCC(N(Cc2ccc(-c3ccc(C(F)(F)F)cc3)cc2)C(=O)Cn2c(SCc3cccc(F)c3F)cc(=O)c3c2CCC3)CC1. The standard InChI is InChI=1S/C37H36F5N3O2S/c1-43-18-16-29(17-19-43)44(21-24-8-10-25(11-9-24)26-12-14-28(15-13-26)37(40,41)42)34(47)22-45-32-7-3-5-30(32)33(46)20-35(45)48-23-27-4-2-6-31(38)36(27)39/h2,4,6,8-15,20,29H,3,5,7,16-19,21-23H2,1H3. The third-order valence-corrected chi connectivity index (χ3v) is 10.4. The molecule has 4 aromatic rings. The van der Waals surface area contributed by atoms with Gasteiger partial charge in [0.1, 0.15) is 6.54 Å². The lowest BCUT2D eigenvalue weighted by Crippen LogP contribution is -2.47. The van der Waals surface area contributed by atoms with E-state index in [4.69, 9.17) is 0 Å². The van der Waals surface area contributed by atoms with Crippen molar-refractivity contribution in [2.45, 2.75) is 68.2 Å². The zero-order valence-corrected chi connectivity index (χ0v) is 27.3. The maximum Gasteiger partial charge on any atom is 0.416 e. The van der Waals surface area contributed by atoms with Crippen LogP contribution >= 0.6 is 11.8 Å². The number of nitrogens with zero attached hydrogens (tertiary/aromatic N) is 3. The summed E-state index contributed by atoms with van der Waals surface area (Å²) in [6.45, 7) is 2.04. The molecule has 0 N–H and O–H groups in total. The Morgan fingerprint density at radius 2 is 1.60 bits per heavy atom. The minimum atomic E-state index is -4.40. The molecule has 1 amide bonds. The summed E-state index contributed by atoms with van der Waals surface area (Å²) in [6.07, 6.45) is -0.713. The molecule has 1 aliphatic heterocycles. The molecule has 6 rings (SSSR count). The van der Waals surface area contributed by atoms with E-state index in [9.17, 15) is 31.5 Å². The summed E-state index contributed by atoms with van der Waals surface area (Å²) < 4.78 is 69.4. The van der Waals surface area contributed by atoms with Crippen molar-refractivity contribution >= 4 is 17.7 Å². The summed E-state index contributed by atoms with van der Waals surface area (Å²) in [6, 6.07) is 18.1. The predicted molar refractivity (Wildman–Crippen MR) is 177 cm³/mol. The van der Waals surface area contributed by atoms with Gasteiger partial charge in [-0.25, -0.2) is 8.78 Å². The third kappa shape index (κ3) is 7.52. The highest BCUT2D eigenvalue weighted by atomic mass is 32.2. The van der Waals surface area contributed by atoms with Gasteiger partial charge < -0.3 is 14.4 Å². The summed E-state index contributed by atoms with van der Waals surface area (Å²) in [5.74, 6) is -1.86. The first-order valence-corrected chi connectivity index (χ1v) is 17.0. The molecule has 0 atom stereocenters. The number of piperidine rings is 1. The minimum absolute atomic E-state index is 0.00628. The molecular weight excluding hydrogens is 645 g/mol. The van der Waals surface area contributed by atoms with Gasteiger partial charge in [-0.3, -0.25) is 9.59 Å². The number of rotatable bonds is 9. The van der Waals surface area contributed by atoms with Crippen molar-refractivity contribution in [1.82, 2.24) is 14.4 Å². The maximum absolute atomic E-state index is 14.5. The van der Waals surface area contributed by atoms with E-state index >= 15 is 0 Å². The number of carbonyl (C=O) groups is 1. The average molecular weight is 682 g/mol. The van der Waals surface area contributed by atoms with Crippen LogP contribution in [0.4, 0.5) is 22.0 Å². The Kier molecular flexibility index (Phi) is 10.1. The quantitative estimate of drug-likeness (QED) is 0.134. The Morgan fingerprint density at radius 1 is 0.938 bits per heavy atom. The van der Waals surface area contributed by atoms with E-state index in [1.165, 1.54) is 42.1 Å². The Labute approximate surface area is 280 Å². The minimum Gasteiger partial charge on any atom is -0.334 e. The number of pyridine rings is 1. The number of carbonyl (C=O) groups excluding carboxylic acids is 1. The molecule has 1 saturated heterocycles. The number of aromatic nitrogens is 1. The van der Waals surface area contributed by atoms with Crippen LogP contribution in [0.5, 0.6) is 0 Å². The van der Waals surface area contributed by atoms with Gasteiger partial charge in [-0.1, -0.05) is 48.5 Å². The number of amides is 1. The van der Waals surface area contributed by atoms with E-state index < -0.39 is 23.4 Å². The number of halogens is 5. The van der Waals surface area contributed by atoms with Crippen LogP contribution in [0, 0.1) is 11.6 Å². The fraction of sp³-hybridized carbons (Fsp3) is 0.351. The summed E-state index contributed by atoms with van der Waals surface area (Å²) in [7, 11) is 2.05. The second-order valence-electron chi connectivity index (χ2n) is 12.5.